The molecule has 0 aromatic carbocycles. The van der Waals surface area contributed by atoms with E-state index in [-0.39, 0.29) is 23.8 Å². The van der Waals surface area contributed by atoms with Gasteiger partial charge >= 0.3 is 0 Å². The van der Waals surface area contributed by atoms with Crippen LogP contribution in [0.5, 0.6) is 0 Å². The van der Waals surface area contributed by atoms with Crippen LogP contribution in [0.1, 0.15) is 19.3 Å². The van der Waals surface area contributed by atoms with Crippen molar-refractivity contribution in [1.29, 1.82) is 0 Å². The van der Waals surface area contributed by atoms with Crippen LogP contribution >= 0.6 is 15.9 Å². The summed E-state index contributed by atoms with van der Waals surface area (Å²) in [5.41, 5.74) is 4.98. The number of nitrogens with zero attached hydrogens (tertiary/aromatic N) is 1. The van der Waals surface area contributed by atoms with Crippen LogP contribution in [0.4, 0.5) is 0 Å². The van der Waals surface area contributed by atoms with Gasteiger partial charge in [0.15, 0.2) is 0 Å². The van der Waals surface area contributed by atoms with Gasteiger partial charge in [0.2, 0.25) is 15.9 Å². The molecule has 0 aliphatic carbocycles. The van der Waals surface area contributed by atoms with Crippen molar-refractivity contribution in [2.45, 2.75) is 24.2 Å². The van der Waals surface area contributed by atoms with E-state index >= 15 is 0 Å². The zero-order chi connectivity index (χ0) is 13.6. The first-order valence-electron chi connectivity index (χ1n) is 5.30. The smallest absolute Gasteiger partial charge is 0.242 e. The molecule has 0 unspecified atom stereocenters. The van der Waals surface area contributed by atoms with Gasteiger partial charge in [0, 0.05) is 29.8 Å². The van der Waals surface area contributed by atoms with Gasteiger partial charge in [-0.15, -0.1) is 0 Å². The Bertz CT molecular complexity index is 519. The molecule has 100 valence electrons. The minimum Gasteiger partial charge on any atom is -0.370 e. The highest BCUT2D eigenvalue weighted by Gasteiger charge is 2.13. The van der Waals surface area contributed by atoms with Crippen molar-refractivity contribution in [2.24, 2.45) is 5.73 Å². The average molecular weight is 336 g/mol. The van der Waals surface area contributed by atoms with Gasteiger partial charge < -0.3 is 5.73 Å². The van der Waals surface area contributed by atoms with Crippen molar-refractivity contribution >= 4 is 31.9 Å². The van der Waals surface area contributed by atoms with Gasteiger partial charge in [0.1, 0.15) is 4.90 Å². The Labute approximate surface area is 114 Å². The van der Waals surface area contributed by atoms with Crippen LogP contribution in [0.25, 0.3) is 0 Å². The van der Waals surface area contributed by atoms with Crippen molar-refractivity contribution in [1.82, 2.24) is 9.71 Å². The molecular formula is C10H14BrN3O3S. The first kappa shape index (κ1) is 15.1. The standard InChI is InChI=1S/C10H14BrN3O3S/c11-8-5-9(7-13-6-8)18(16,17)14-4-2-1-3-10(12)15/h5-7,14H,1-4H2,(H2,12,15). The second kappa shape index (κ2) is 6.81. The van der Waals surface area contributed by atoms with Crippen molar-refractivity contribution in [2.75, 3.05) is 6.54 Å². The SMILES string of the molecule is NC(=O)CCCCNS(=O)(=O)c1cncc(Br)c1. The highest BCUT2D eigenvalue weighted by molar-refractivity contribution is 9.10. The molecule has 3 N–H and O–H groups in total. The van der Waals surface area contributed by atoms with E-state index in [1.807, 2.05) is 0 Å². The first-order valence-corrected chi connectivity index (χ1v) is 7.58. The first-order chi connectivity index (χ1) is 8.42. The fraction of sp³-hybridized carbons (Fsp3) is 0.400. The maximum absolute atomic E-state index is 11.8. The lowest BCUT2D eigenvalue weighted by atomic mass is 10.2. The van der Waals surface area contributed by atoms with Crippen molar-refractivity contribution in [3.8, 4) is 0 Å². The number of hydrogen-bond donors (Lipinski definition) is 2. The van der Waals surface area contributed by atoms with E-state index in [1.54, 1.807) is 0 Å². The molecule has 0 saturated heterocycles. The number of nitrogens with one attached hydrogen (secondary N) is 1. The molecular weight excluding hydrogens is 322 g/mol. The fourth-order valence-corrected chi connectivity index (χ4v) is 2.83. The summed E-state index contributed by atoms with van der Waals surface area (Å²) in [7, 11) is -3.54. The van der Waals surface area contributed by atoms with Gasteiger partial charge in [-0.1, -0.05) is 0 Å². The Morgan fingerprint density at radius 2 is 2.11 bits per heavy atom. The van der Waals surface area contributed by atoms with Crippen molar-refractivity contribution in [3.05, 3.63) is 22.9 Å². The number of pyridine rings is 1. The maximum atomic E-state index is 11.8. The summed E-state index contributed by atoms with van der Waals surface area (Å²) in [4.78, 5) is 14.4. The third kappa shape index (κ3) is 5.11. The molecule has 0 fully saturated rings. The number of amides is 1. The van der Waals surface area contributed by atoms with Crippen LogP contribution in [0, 0.1) is 0 Å². The van der Waals surface area contributed by atoms with Gasteiger partial charge in [-0.2, -0.15) is 0 Å². The molecule has 1 aromatic rings. The Balaban J connectivity index is 2.48. The van der Waals surface area contributed by atoms with Gasteiger partial charge in [0.25, 0.3) is 0 Å². The number of primary amides is 1. The summed E-state index contributed by atoms with van der Waals surface area (Å²) in [6.45, 7) is 0.266. The third-order valence-electron chi connectivity index (χ3n) is 2.13. The molecule has 1 amide bonds. The van der Waals surface area contributed by atoms with Crippen LogP contribution in [0.2, 0.25) is 0 Å². The minimum atomic E-state index is -3.54. The van der Waals surface area contributed by atoms with E-state index in [4.69, 9.17) is 5.73 Å². The Morgan fingerprint density at radius 3 is 2.72 bits per heavy atom. The molecule has 0 saturated carbocycles. The van der Waals surface area contributed by atoms with Gasteiger partial charge in [0.05, 0.1) is 0 Å². The molecule has 0 radical (unpaired) electrons. The average Bonchev–Trinajstić information content (AvgIpc) is 2.28. The third-order valence-corrected chi connectivity index (χ3v) is 3.99. The zero-order valence-corrected chi connectivity index (χ0v) is 12.0. The highest BCUT2D eigenvalue weighted by atomic mass is 79.9. The summed E-state index contributed by atoms with van der Waals surface area (Å²) >= 11 is 3.16. The number of unbranched alkanes of at least 4 members (excludes halogenated alkanes) is 1. The summed E-state index contributed by atoms with van der Waals surface area (Å²) in [6.07, 6.45) is 4.17. The number of carbonyl (C=O) groups is 1. The molecule has 0 aliphatic rings. The van der Waals surface area contributed by atoms with Gasteiger partial charge in [-0.25, -0.2) is 13.1 Å². The lowest BCUT2D eigenvalue weighted by Gasteiger charge is -2.06. The minimum absolute atomic E-state index is 0.103. The topological polar surface area (TPSA) is 102 Å². The second-order valence-electron chi connectivity index (χ2n) is 3.66. The van der Waals surface area contributed by atoms with E-state index in [0.29, 0.717) is 17.3 Å². The highest BCUT2D eigenvalue weighted by Crippen LogP contribution is 2.13. The van der Waals surface area contributed by atoms with E-state index < -0.39 is 10.0 Å². The van der Waals surface area contributed by atoms with E-state index in [2.05, 4.69) is 25.6 Å². The van der Waals surface area contributed by atoms with Gasteiger partial charge in [-0.3, -0.25) is 9.78 Å². The summed E-state index contributed by atoms with van der Waals surface area (Å²) < 4.78 is 26.7. The zero-order valence-electron chi connectivity index (χ0n) is 9.60. The molecule has 1 rings (SSSR count). The molecule has 1 aromatic heterocycles. The Kier molecular flexibility index (Phi) is 5.70. The number of carbonyl (C=O) groups excluding carboxylic acids is 1. The van der Waals surface area contributed by atoms with Gasteiger partial charge in [-0.05, 0) is 34.8 Å². The Hall–Kier alpha value is -0.990. The van der Waals surface area contributed by atoms with Crippen LogP contribution < -0.4 is 10.5 Å². The Morgan fingerprint density at radius 1 is 1.39 bits per heavy atom. The second-order valence-corrected chi connectivity index (χ2v) is 6.34. The van der Waals surface area contributed by atoms with Crippen molar-refractivity contribution < 1.29 is 13.2 Å². The van der Waals surface area contributed by atoms with E-state index in [1.165, 1.54) is 18.5 Å². The van der Waals surface area contributed by atoms with Crippen molar-refractivity contribution in [3.63, 3.8) is 0 Å². The maximum Gasteiger partial charge on any atom is 0.242 e. The molecule has 6 nitrogen and oxygen atoms in total. The largest absolute Gasteiger partial charge is 0.370 e. The predicted molar refractivity (Wildman–Crippen MR) is 70.2 cm³/mol. The molecule has 0 aliphatic heterocycles. The number of rotatable bonds is 7. The molecule has 8 heteroatoms. The lowest BCUT2D eigenvalue weighted by molar-refractivity contribution is -0.118. The van der Waals surface area contributed by atoms with Crippen LogP contribution in [0.3, 0.4) is 0 Å². The normalized spacial score (nSPS) is 11.4. The summed E-state index contributed by atoms with van der Waals surface area (Å²) in [6, 6.07) is 1.47. The number of halogens is 1. The van der Waals surface area contributed by atoms with Crippen LogP contribution in [0.15, 0.2) is 27.8 Å². The van der Waals surface area contributed by atoms with Crippen LogP contribution in [-0.2, 0) is 14.8 Å². The van der Waals surface area contributed by atoms with Crippen LogP contribution in [-0.4, -0.2) is 25.9 Å². The summed E-state index contributed by atoms with van der Waals surface area (Å²) in [5, 5.41) is 0. The number of hydrogen-bond acceptors (Lipinski definition) is 4. The quantitative estimate of drug-likeness (QED) is 0.718. The molecule has 1 heterocycles. The molecule has 18 heavy (non-hydrogen) atoms. The summed E-state index contributed by atoms with van der Waals surface area (Å²) in [5.74, 6) is -0.381. The molecule has 0 atom stereocenters. The predicted octanol–water partition coefficient (Wildman–Crippen LogP) is 0.778. The van der Waals surface area contributed by atoms with E-state index in [0.717, 1.165) is 0 Å². The number of nitrogens with two attached hydrogens (primary N) is 1. The monoisotopic (exact) mass is 335 g/mol. The molecule has 0 bridgehead atoms. The lowest BCUT2D eigenvalue weighted by Crippen LogP contribution is -2.25. The van der Waals surface area contributed by atoms with E-state index in [9.17, 15) is 13.2 Å². The number of aromatic nitrogens is 1. The molecule has 0 spiro atoms. The fourth-order valence-electron chi connectivity index (χ4n) is 1.25. The number of sulfonamides is 1.